The molecular formula is C18H17N5O. The number of hydrogen-bond acceptors (Lipinski definition) is 4. The van der Waals surface area contributed by atoms with Gasteiger partial charge in [0, 0.05) is 48.2 Å². The smallest absolute Gasteiger partial charge is 0.254 e. The second-order valence-electron chi connectivity index (χ2n) is 6.62. The minimum atomic E-state index is 0.0901. The molecule has 0 unspecified atom stereocenters. The minimum absolute atomic E-state index is 0.0901. The molecule has 2 bridgehead atoms. The van der Waals surface area contributed by atoms with Crippen molar-refractivity contribution in [3.05, 3.63) is 59.3 Å². The molecular weight excluding hydrogens is 302 g/mol. The molecule has 120 valence electrons. The Balaban J connectivity index is 1.61. The molecule has 0 N–H and O–H groups in total. The second-order valence-corrected chi connectivity index (χ2v) is 6.62. The zero-order valence-electron chi connectivity index (χ0n) is 13.4. The van der Waals surface area contributed by atoms with Crippen molar-refractivity contribution in [3.63, 3.8) is 0 Å². The molecule has 6 nitrogen and oxygen atoms in total. The monoisotopic (exact) mass is 319 g/mol. The highest BCUT2D eigenvalue weighted by atomic mass is 16.2. The van der Waals surface area contributed by atoms with Gasteiger partial charge in [-0.05, 0) is 31.9 Å². The third-order valence-electron chi connectivity index (χ3n) is 5.19. The first kappa shape index (κ1) is 13.7. The highest BCUT2D eigenvalue weighted by Crippen LogP contribution is 2.44. The Labute approximate surface area is 139 Å². The molecule has 0 aromatic carbocycles. The quantitative estimate of drug-likeness (QED) is 0.690. The van der Waals surface area contributed by atoms with Gasteiger partial charge in [0.25, 0.3) is 5.91 Å². The molecule has 1 fully saturated rings. The van der Waals surface area contributed by atoms with Crippen LogP contribution in [0.4, 0.5) is 0 Å². The zero-order valence-corrected chi connectivity index (χ0v) is 13.4. The van der Waals surface area contributed by atoms with Crippen molar-refractivity contribution >= 4 is 11.6 Å². The van der Waals surface area contributed by atoms with Crippen LogP contribution in [0.1, 0.15) is 46.2 Å². The van der Waals surface area contributed by atoms with Crippen molar-refractivity contribution in [2.75, 3.05) is 0 Å². The number of carbonyl (C=O) groups is 1. The van der Waals surface area contributed by atoms with Gasteiger partial charge in [-0.25, -0.2) is 9.50 Å². The Morgan fingerprint density at radius 3 is 2.92 bits per heavy atom. The fourth-order valence-corrected chi connectivity index (χ4v) is 4.15. The molecule has 2 atom stereocenters. The van der Waals surface area contributed by atoms with E-state index in [0.717, 1.165) is 36.2 Å². The van der Waals surface area contributed by atoms with Crippen molar-refractivity contribution in [2.24, 2.45) is 0 Å². The minimum Gasteiger partial charge on any atom is -0.328 e. The average Bonchev–Trinajstić information content (AvgIpc) is 3.14. The average molecular weight is 319 g/mol. The molecule has 1 saturated heterocycles. The van der Waals surface area contributed by atoms with E-state index in [-0.39, 0.29) is 18.0 Å². The summed E-state index contributed by atoms with van der Waals surface area (Å²) in [4.78, 5) is 23.6. The van der Waals surface area contributed by atoms with Crippen LogP contribution >= 0.6 is 0 Å². The molecule has 0 spiro atoms. The maximum Gasteiger partial charge on any atom is 0.254 e. The molecule has 24 heavy (non-hydrogen) atoms. The van der Waals surface area contributed by atoms with Crippen LogP contribution in [0.5, 0.6) is 0 Å². The van der Waals surface area contributed by atoms with E-state index in [1.807, 2.05) is 28.6 Å². The normalized spacial score (nSPS) is 22.0. The van der Waals surface area contributed by atoms with Crippen molar-refractivity contribution in [1.29, 1.82) is 0 Å². The topological polar surface area (TPSA) is 63.4 Å². The first-order valence-corrected chi connectivity index (χ1v) is 8.29. The first-order valence-electron chi connectivity index (χ1n) is 8.29. The van der Waals surface area contributed by atoms with E-state index in [0.29, 0.717) is 5.56 Å². The Bertz CT molecular complexity index is 949. The number of nitrogens with zero attached hydrogens (tertiary/aromatic N) is 5. The van der Waals surface area contributed by atoms with E-state index in [2.05, 4.69) is 15.1 Å². The lowest BCUT2D eigenvalue weighted by Crippen LogP contribution is -2.42. The molecule has 2 aliphatic heterocycles. The van der Waals surface area contributed by atoms with Crippen molar-refractivity contribution in [3.8, 4) is 0 Å². The Morgan fingerprint density at radius 1 is 1.25 bits per heavy atom. The SMILES string of the molecule is Cc1cc2ncc3c(n2n1)C[C@@H]1CC[C@@H]3N1C(=O)c1ccncc1. The van der Waals surface area contributed by atoms with Crippen LogP contribution in [0.15, 0.2) is 36.8 Å². The van der Waals surface area contributed by atoms with E-state index in [1.165, 1.54) is 5.69 Å². The number of aromatic nitrogens is 4. The summed E-state index contributed by atoms with van der Waals surface area (Å²) in [6, 6.07) is 5.90. The van der Waals surface area contributed by atoms with E-state index in [4.69, 9.17) is 0 Å². The van der Waals surface area contributed by atoms with Gasteiger partial charge in [-0.3, -0.25) is 9.78 Å². The lowest BCUT2D eigenvalue weighted by molar-refractivity contribution is 0.0642. The van der Waals surface area contributed by atoms with E-state index in [1.54, 1.807) is 24.5 Å². The Hall–Kier alpha value is -2.76. The fraction of sp³-hybridized carbons (Fsp3) is 0.333. The van der Waals surface area contributed by atoms with Crippen LogP contribution in [0.2, 0.25) is 0 Å². The molecule has 5 rings (SSSR count). The van der Waals surface area contributed by atoms with Gasteiger partial charge in [0.2, 0.25) is 0 Å². The molecule has 3 aromatic heterocycles. The van der Waals surface area contributed by atoms with Crippen LogP contribution in [0.3, 0.4) is 0 Å². The third-order valence-corrected chi connectivity index (χ3v) is 5.19. The van der Waals surface area contributed by atoms with Gasteiger partial charge in [0.1, 0.15) is 0 Å². The number of amides is 1. The van der Waals surface area contributed by atoms with Crippen molar-refractivity contribution < 1.29 is 4.79 Å². The number of hydrogen-bond donors (Lipinski definition) is 0. The van der Waals surface area contributed by atoms with Gasteiger partial charge < -0.3 is 4.90 Å². The third kappa shape index (κ3) is 1.82. The van der Waals surface area contributed by atoms with E-state index < -0.39 is 0 Å². The summed E-state index contributed by atoms with van der Waals surface area (Å²) in [6.07, 6.45) is 8.13. The molecule has 6 heteroatoms. The number of fused-ring (bicyclic) bond motifs is 6. The zero-order chi connectivity index (χ0) is 16.3. The summed E-state index contributed by atoms with van der Waals surface area (Å²) in [5.41, 5.74) is 4.91. The molecule has 3 aromatic rings. The van der Waals surface area contributed by atoms with Gasteiger partial charge in [0.15, 0.2) is 5.65 Å². The maximum atomic E-state index is 13.0. The van der Waals surface area contributed by atoms with Crippen LogP contribution in [-0.4, -0.2) is 36.4 Å². The predicted octanol–water partition coefficient (Wildman–Crippen LogP) is 2.33. The highest BCUT2D eigenvalue weighted by molar-refractivity contribution is 5.95. The molecule has 0 radical (unpaired) electrons. The summed E-state index contributed by atoms with van der Waals surface area (Å²) in [6.45, 7) is 1.98. The van der Waals surface area contributed by atoms with Crippen LogP contribution in [0, 0.1) is 6.92 Å². The summed E-state index contributed by atoms with van der Waals surface area (Å²) in [5, 5.41) is 4.59. The Morgan fingerprint density at radius 2 is 2.08 bits per heavy atom. The molecule has 5 heterocycles. The van der Waals surface area contributed by atoms with Gasteiger partial charge in [-0.1, -0.05) is 0 Å². The van der Waals surface area contributed by atoms with Crippen LogP contribution < -0.4 is 0 Å². The molecule has 0 saturated carbocycles. The largest absolute Gasteiger partial charge is 0.328 e. The molecule has 2 aliphatic rings. The maximum absolute atomic E-state index is 13.0. The van der Waals surface area contributed by atoms with Gasteiger partial charge in [0.05, 0.1) is 17.4 Å². The van der Waals surface area contributed by atoms with E-state index >= 15 is 0 Å². The summed E-state index contributed by atoms with van der Waals surface area (Å²) < 4.78 is 1.96. The Kier molecular flexibility index (Phi) is 2.77. The second kappa shape index (κ2) is 4.87. The van der Waals surface area contributed by atoms with Crippen LogP contribution in [-0.2, 0) is 6.42 Å². The highest BCUT2D eigenvalue weighted by Gasteiger charge is 2.44. The molecule has 0 aliphatic carbocycles. The number of rotatable bonds is 1. The summed E-state index contributed by atoms with van der Waals surface area (Å²) in [5.74, 6) is 0.0901. The standard InChI is InChI=1S/C18H17N5O/c1-11-8-17-20-10-14-15-3-2-13(9-16(14)23(17)21-11)22(15)18(24)12-4-6-19-7-5-12/h4-8,10,13,15H,2-3,9H2,1H3/t13-,15-/m0/s1. The number of pyridine rings is 1. The lowest BCUT2D eigenvalue weighted by Gasteiger charge is -2.36. The number of carbonyl (C=O) groups excluding carboxylic acids is 1. The van der Waals surface area contributed by atoms with E-state index in [9.17, 15) is 4.79 Å². The van der Waals surface area contributed by atoms with Crippen molar-refractivity contribution in [2.45, 2.75) is 38.3 Å². The van der Waals surface area contributed by atoms with Crippen molar-refractivity contribution in [1.82, 2.24) is 24.5 Å². The van der Waals surface area contributed by atoms with Gasteiger partial charge in [-0.2, -0.15) is 5.10 Å². The van der Waals surface area contributed by atoms with Gasteiger partial charge >= 0.3 is 0 Å². The fourth-order valence-electron chi connectivity index (χ4n) is 4.15. The lowest BCUT2D eigenvalue weighted by atomic mass is 9.98. The van der Waals surface area contributed by atoms with Gasteiger partial charge in [-0.15, -0.1) is 0 Å². The summed E-state index contributed by atoms with van der Waals surface area (Å²) >= 11 is 0. The number of aryl methyl sites for hydroxylation is 1. The molecule has 1 amide bonds. The predicted molar refractivity (Wildman–Crippen MR) is 87.6 cm³/mol. The first-order chi connectivity index (χ1) is 11.7. The van der Waals surface area contributed by atoms with Crippen LogP contribution in [0.25, 0.3) is 5.65 Å². The summed E-state index contributed by atoms with van der Waals surface area (Å²) in [7, 11) is 0.